The van der Waals surface area contributed by atoms with E-state index in [1.54, 1.807) is 12.1 Å². The number of benzene rings is 2. The molecular weight excluding hydrogens is 407 g/mol. The van der Waals surface area contributed by atoms with E-state index in [1.807, 2.05) is 6.92 Å². The molecule has 1 fully saturated rings. The highest BCUT2D eigenvalue weighted by Gasteiger charge is 2.32. The van der Waals surface area contributed by atoms with Gasteiger partial charge in [-0.05, 0) is 49.1 Å². The predicted octanol–water partition coefficient (Wildman–Crippen LogP) is 4.44. The highest BCUT2D eigenvalue weighted by atomic mass is 32.2. The molecule has 1 heterocycles. The van der Waals surface area contributed by atoms with E-state index in [0.717, 1.165) is 19.3 Å². The molecule has 0 spiro atoms. The quantitative estimate of drug-likeness (QED) is 0.756. The average molecular weight is 433 g/mol. The standard InChI is InChI=1S/C22H25FN2O4S/c1-14-12-18(26)22-17(8-7-16(23)21(14)22)24-15-6-9-19(29-2)20(13-15)30(27,28)25-10-4-3-5-11-25/h6-9,13-14,24H,3-5,10-12H2,1-2H3/t14-/m1/s1. The molecule has 4 rings (SSSR count). The van der Waals surface area contributed by atoms with Crippen molar-refractivity contribution in [2.75, 3.05) is 25.5 Å². The van der Waals surface area contributed by atoms with Gasteiger partial charge in [-0.1, -0.05) is 13.3 Å². The van der Waals surface area contributed by atoms with Crippen LogP contribution in [-0.4, -0.2) is 38.7 Å². The molecule has 0 saturated carbocycles. The molecule has 1 saturated heterocycles. The zero-order chi connectivity index (χ0) is 21.5. The fourth-order valence-corrected chi connectivity index (χ4v) is 6.02. The summed E-state index contributed by atoms with van der Waals surface area (Å²) in [6.45, 7) is 2.80. The lowest BCUT2D eigenvalue weighted by Crippen LogP contribution is -2.35. The summed E-state index contributed by atoms with van der Waals surface area (Å²) < 4.78 is 47.5. The molecule has 1 atom stereocenters. The number of Topliss-reactive ketones (excluding diaryl/α,β-unsaturated/α-hetero) is 1. The van der Waals surface area contributed by atoms with Crippen molar-refractivity contribution in [2.24, 2.45) is 0 Å². The molecule has 6 nitrogen and oxygen atoms in total. The summed E-state index contributed by atoms with van der Waals surface area (Å²) in [5.41, 5.74) is 1.73. The van der Waals surface area contributed by atoms with Crippen LogP contribution >= 0.6 is 0 Å². The number of sulfonamides is 1. The molecule has 2 aromatic rings. The minimum atomic E-state index is -3.72. The number of fused-ring (bicyclic) bond motifs is 1. The maximum atomic E-state index is 14.3. The zero-order valence-corrected chi connectivity index (χ0v) is 17.9. The van der Waals surface area contributed by atoms with E-state index in [9.17, 15) is 17.6 Å². The van der Waals surface area contributed by atoms with Gasteiger partial charge >= 0.3 is 0 Å². The van der Waals surface area contributed by atoms with Gasteiger partial charge in [0.25, 0.3) is 0 Å². The molecule has 0 bridgehead atoms. The van der Waals surface area contributed by atoms with E-state index in [0.29, 0.717) is 35.6 Å². The number of halogens is 1. The molecule has 0 radical (unpaired) electrons. The Morgan fingerprint density at radius 3 is 2.57 bits per heavy atom. The van der Waals surface area contributed by atoms with Crippen LogP contribution in [0.1, 0.15) is 54.4 Å². The minimum absolute atomic E-state index is 0.0790. The van der Waals surface area contributed by atoms with Crippen molar-refractivity contribution in [3.63, 3.8) is 0 Å². The third-order valence-corrected chi connectivity index (χ3v) is 7.75. The number of ketones is 1. The van der Waals surface area contributed by atoms with Crippen molar-refractivity contribution in [3.8, 4) is 5.75 Å². The Morgan fingerprint density at radius 1 is 1.13 bits per heavy atom. The second kappa shape index (κ2) is 8.00. The number of rotatable bonds is 5. The minimum Gasteiger partial charge on any atom is -0.495 e. The van der Waals surface area contributed by atoms with E-state index in [-0.39, 0.29) is 28.8 Å². The fourth-order valence-electron chi connectivity index (χ4n) is 4.32. The lowest BCUT2D eigenvalue weighted by molar-refractivity contribution is 0.0991. The van der Waals surface area contributed by atoms with Crippen LogP contribution in [0.4, 0.5) is 15.8 Å². The number of nitrogens with one attached hydrogen (secondary N) is 1. The molecule has 1 aliphatic carbocycles. The highest BCUT2D eigenvalue weighted by Crippen LogP contribution is 2.40. The van der Waals surface area contributed by atoms with Crippen LogP contribution in [0.25, 0.3) is 0 Å². The molecule has 30 heavy (non-hydrogen) atoms. The van der Waals surface area contributed by atoms with Crippen molar-refractivity contribution < 1.29 is 22.3 Å². The van der Waals surface area contributed by atoms with Crippen molar-refractivity contribution >= 4 is 27.2 Å². The van der Waals surface area contributed by atoms with Crippen LogP contribution in [0.3, 0.4) is 0 Å². The second-order valence-corrected chi connectivity index (χ2v) is 9.77. The van der Waals surface area contributed by atoms with Gasteiger partial charge in [0.15, 0.2) is 5.78 Å². The van der Waals surface area contributed by atoms with Crippen molar-refractivity contribution in [1.29, 1.82) is 0 Å². The Labute approximate surface area is 176 Å². The Hall–Kier alpha value is -2.45. The number of piperidine rings is 1. The molecule has 8 heteroatoms. The van der Waals surface area contributed by atoms with Gasteiger partial charge in [0.05, 0.1) is 7.11 Å². The lowest BCUT2D eigenvalue weighted by Gasteiger charge is -2.26. The molecule has 1 N–H and O–H groups in total. The van der Waals surface area contributed by atoms with Gasteiger partial charge in [0, 0.05) is 42.0 Å². The van der Waals surface area contributed by atoms with Gasteiger partial charge in [-0.25, -0.2) is 12.8 Å². The monoisotopic (exact) mass is 432 g/mol. The second-order valence-electron chi connectivity index (χ2n) is 7.87. The number of anilines is 2. The highest BCUT2D eigenvalue weighted by molar-refractivity contribution is 7.89. The SMILES string of the molecule is COc1ccc(Nc2ccc(F)c3c2C(=O)C[C@H]3C)cc1S(=O)(=O)N1CCCCC1. The number of nitrogens with zero attached hydrogens (tertiary/aromatic N) is 1. The number of hydrogen-bond acceptors (Lipinski definition) is 5. The molecule has 2 aliphatic rings. The maximum Gasteiger partial charge on any atom is 0.246 e. The average Bonchev–Trinajstić information content (AvgIpc) is 3.05. The molecule has 0 amide bonds. The summed E-state index contributed by atoms with van der Waals surface area (Å²) in [5.74, 6) is -0.425. The predicted molar refractivity (Wildman–Crippen MR) is 113 cm³/mol. The molecule has 0 aromatic heterocycles. The van der Waals surface area contributed by atoms with Crippen molar-refractivity contribution in [2.45, 2.75) is 43.4 Å². The molecule has 160 valence electrons. The van der Waals surface area contributed by atoms with Gasteiger partial charge in [-0.15, -0.1) is 0 Å². The molecular formula is C22H25FN2O4S. The Balaban J connectivity index is 1.73. The Kier molecular flexibility index (Phi) is 5.55. The van der Waals surface area contributed by atoms with Crippen LogP contribution in [0.2, 0.25) is 0 Å². The summed E-state index contributed by atoms with van der Waals surface area (Å²) in [5, 5.41) is 3.12. The summed E-state index contributed by atoms with van der Waals surface area (Å²) >= 11 is 0. The number of ether oxygens (including phenoxy) is 1. The van der Waals surface area contributed by atoms with Gasteiger partial charge in [-0.3, -0.25) is 4.79 Å². The van der Waals surface area contributed by atoms with Crippen LogP contribution in [0.15, 0.2) is 35.2 Å². The Morgan fingerprint density at radius 2 is 1.87 bits per heavy atom. The van der Waals surface area contributed by atoms with E-state index in [2.05, 4.69) is 5.32 Å². The van der Waals surface area contributed by atoms with E-state index >= 15 is 0 Å². The summed E-state index contributed by atoms with van der Waals surface area (Å²) in [4.78, 5) is 12.5. The van der Waals surface area contributed by atoms with Crippen LogP contribution < -0.4 is 10.1 Å². The normalized spacial score (nSPS) is 19.6. The Bertz CT molecular complexity index is 1090. The largest absolute Gasteiger partial charge is 0.495 e. The number of carbonyl (C=O) groups is 1. The third-order valence-electron chi connectivity index (χ3n) is 5.83. The van der Waals surface area contributed by atoms with Gasteiger partial charge < -0.3 is 10.1 Å². The van der Waals surface area contributed by atoms with E-state index < -0.39 is 15.8 Å². The number of methoxy groups -OCH3 is 1. The van der Waals surface area contributed by atoms with Crippen LogP contribution in [0, 0.1) is 5.82 Å². The zero-order valence-electron chi connectivity index (χ0n) is 17.1. The molecule has 2 aromatic carbocycles. The van der Waals surface area contributed by atoms with Crippen LogP contribution in [-0.2, 0) is 10.0 Å². The topological polar surface area (TPSA) is 75.7 Å². The van der Waals surface area contributed by atoms with E-state index in [4.69, 9.17) is 4.74 Å². The fraction of sp³-hybridized carbons (Fsp3) is 0.409. The summed E-state index contributed by atoms with van der Waals surface area (Å²) in [7, 11) is -2.28. The van der Waals surface area contributed by atoms with E-state index in [1.165, 1.54) is 29.6 Å². The first-order valence-electron chi connectivity index (χ1n) is 10.1. The smallest absolute Gasteiger partial charge is 0.246 e. The maximum absolute atomic E-state index is 14.3. The van der Waals surface area contributed by atoms with Crippen molar-refractivity contribution in [1.82, 2.24) is 4.31 Å². The first-order chi connectivity index (χ1) is 14.3. The molecule has 1 aliphatic heterocycles. The summed E-state index contributed by atoms with van der Waals surface area (Å²) in [6, 6.07) is 7.65. The first-order valence-corrected chi connectivity index (χ1v) is 11.6. The summed E-state index contributed by atoms with van der Waals surface area (Å²) in [6.07, 6.45) is 2.96. The van der Waals surface area contributed by atoms with Gasteiger partial charge in [-0.2, -0.15) is 4.31 Å². The first kappa shape index (κ1) is 20.8. The van der Waals surface area contributed by atoms with Gasteiger partial charge in [0.1, 0.15) is 16.5 Å². The number of hydrogen-bond donors (Lipinski definition) is 1. The third kappa shape index (κ3) is 3.58. The molecule has 0 unspecified atom stereocenters. The van der Waals surface area contributed by atoms with Crippen LogP contribution in [0.5, 0.6) is 5.75 Å². The lowest BCUT2D eigenvalue weighted by atomic mass is 10.0. The van der Waals surface area contributed by atoms with Crippen molar-refractivity contribution in [3.05, 3.63) is 47.3 Å². The van der Waals surface area contributed by atoms with Gasteiger partial charge in [0.2, 0.25) is 10.0 Å². The number of carbonyl (C=O) groups excluding carboxylic acids is 1.